The summed E-state index contributed by atoms with van der Waals surface area (Å²) in [5.41, 5.74) is 8.02. The zero-order chi connectivity index (χ0) is 11.4. The molecule has 0 bridgehead atoms. The maximum atomic E-state index is 8.97. The Morgan fingerprint density at radius 2 is 1.94 bits per heavy atom. The minimum absolute atomic E-state index is 0.120. The molecule has 0 aliphatic carbocycles. The molecule has 3 N–H and O–H groups in total. The second-order valence-corrected chi connectivity index (χ2v) is 4.48. The average Bonchev–Trinajstić information content (AvgIpc) is 2.77. The lowest BCUT2D eigenvalue weighted by molar-refractivity contribution is 0.250. The Hall–Kier alpha value is -0.900. The van der Waals surface area contributed by atoms with Crippen LogP contribution < -0.4 is 5.73 Å². The maximum Gasteiger partial charge on any atom is 0.0681 e. The third kappa shape index (κ3) is 2.61. The molecule has 0 radical (unpaired) electrons. The molecule has 3 nitrogen and oxygen atoms in total. The van der Waals surface area contributed by atoms with Crippen LogP contribution in [0.4, 0.5) is 0 Å². The van der Waals surface area contributed by atoms with Crippen LogP contribution in [0.1, 0.15) is 24.0 Å². The lowest BCUT2D eigenvalue weighted by Crippen LogP contribution is -2.34. The van der Waals surface area contributed by atoms with Gasteiger partial charge in [-0.1, -0.05) is 24.3 Å². The smallest absolute Gasteiger partial charge is 0.0681 e. The number of hydrogen-bond acceptors (Lipinski definition) is 3. The third-order valence-electron chi connectivity index (χ3n) is 3.36. The van der Waals surface area contributed by atoms with Gasteiger partial charge in [-0.2, -0.15) is 0 Å². The maximum absolute atomic E-state index is 8.97. The van der Waals surface area contributed by atoms with Gasteiger partial charge in [0.1, 0.15) is 0 Å². The third-order valence-corrected chi connectivity index (χ3v) is 3.36. The van der Waals surface area contributed by atoms with E-state index in [1.807, 2.05) is 12.1 Å². The van der Waals surface area contributed by atoms with E-state index in [4.69, 9.17) is 10.8 Å². The Labute approximate surface area is 96.9 Å². The topological polar surface area (TPSA) is 49.5 Å². The minimum atomic E-state index is 0.120. The minimum Gasteiger partial charge on any atom is -0.392 e. The molecule has 2 rings (SSSR count). The second-order valence-electron chi connectivity index (χ2n) is 4.48. The number of benzene rings is 1. The zero-order valence-electron chi connectivity index (χ0n) is 9.60. The van der Waals surface area contributed by atoms with Crippen LogP contribution in [-0.4, -0.2) is 29.1 Å². The summed E-state index contributed by atoms with van der Waals surface area (Å²) in [6, 6.07) is 8.72. The summed E-state index contributed by atoms with van der Waals surface area (Å²) in [7, 11) is 0. The number of nitrogens with zero attached hydrogens (tertiary/aromatic N) is 1. The van der Waals surface area contributed by atoms with Crippen molar-refractivity contribution >= 4 is 0 Å². The Kier molecular flexibility index (Phi) is 3.93. The molecule has 88 valence electrons. The van der Waals surface area contributed by atoms with Gasteiger partial charge >= 0.3 is 0 Å². The predicted molar refractivity (Wildman–Crippen MR) is 64.9 cm³/mol. The number of rotatable bonds is 4. The molecule has 1 saturated heterocycles. The van der Waals surface area contributed by atoms with Crippen molar-refractivity contribution in [1.29, 1.82) is 0 Å². The standard InChI is InChI=1S/C13H20N2O/c14-8-13-2-1-7-15(13)9-11-3-5-12(10-16)6-4-11/h3-6,13,16H,1-2,7-10,14H2. The zero-order valence-corrected chi connectivity index (χ0v) is 9.60. The van der Waals surface area contributed by atoms with E-state index in [2.05, 4.69) is 17.0 Å². The van der Waals surface area contributed by atoms with E-state index in [-0.39, 0.29) is 6.61 Å². The second kappa shape index (κ2) is 5.43. The number of likely N-dealkylation sites (tertiary alicyclic amines) is 1. The highest BCUT2D eigenvalue weighted by Gasteiger charge is 2.22. The van der Waals surface area contributed by atoms with Crippen molar-refractivity contribution in [3.63, 3.8) is 0 Å². The molecule has 16 heavy (non-hydrogen) atoms. The molecule has 1 fully saturated rings. The van der Waals surface area contributed by atoms with Crippen LogP contribution in [-0.2, 0) is 13.2 Å². The van der Waals surface area contributed by atoms with Crippen molar-refractivity contribution in [3.05, 3.63) is 35.4 Å². The molecule has 3 heteroatoms. The van der Waals surface area contributed by atoms with E-state index >= 15 is 0 Å². The SMILES string of the molecule is NCC1CCCN1Cc1ccc(CO)cc1. The molecule has 1 aromatic carbocycles. The van der Waals surface area contributed by atoms with Gasteiger partial charge in [-0.3, -0.25) is 4.90 Å². The summed E-state index contributed by atoms with van der Waals surface area (Å²) in [4.78, 5) is 2.45. The molecule has 1 aliphatic heterocycles. The molecule has 1 atom stereocenters. The van der Waals surface area contributed by atoms with Gasteiger partial charge < -0.3 is 10.8 Å². The Morgan fingerprint density at radius 3 is 2.56 bits per heavy atom. The molecular weight excluding hydrogens is 200 g/mol. The van der Waals surface area contributed by atoms with Gasteiger partial charge in [0.2, 0.25) is 0 Å². The fourth-order valence-corrected chi connectivity index (χ4v) is 2.35. The molecular formula is C13H20N2O. The predicted octanol–water partition coefficient (Wildman–Crippen LogP) is 1.10. The summed E-state index contributed by atoms with van der Waals surface area (Å²) in [6.45, 7) is 3.02. The van der Waals surface area contributed by atoms with E-state index in [0.717, 1.165) is 25.2 Å². The van der Waals surface area contributed by atoms with E-state index in [1.54, 1.807) is 0 Å². The summed E-state index contributed by atoms with van der Waals surface area (Å²) in [6.07, 6.45) is 2.49. The Bertz CT molecular complexity index is 323. The normalized spacial score (nSPS) is 21.5. The largest absolute Gasteiger partial charge is 0.392 e. The first-order chi connectivity index (χ1) is 7.83. The molecule has 1 unspecified atom stereocenters. The van der Waals surface area contributed by atoms with Crippen LogP contribution in [0.25, 0.3) is 0 Å². The van der Waals surface area contributed by atoms with Crippen LogP contribution in [0.15, 0.2) is 24.3 Å². The summed E-state index contributed by atoms with van der Waals surface area (Å²) >= 11 is 0. The van der Waals surface area contributed by atoms with Crippen LogP contribution in [0.2, 0.25) is 0 Å². The number of aliphatic hydroxyl groups excluding tert-OH is 1. The molecule has 0 saturated carbocycles. The summed E-state index contributed by atoms with van der Waals surface area (Å²) in [5, 5.41) is 8.97. The molecule has 1 aromatic rings. The summed E-state index contributed by atoms with van der Waals surface area (Å²) < 4.78 is 0. The van der Waals surface area contributed by atoms with Crippen molar-refractivity contribution < 1.29 is 5.11 Å². The Balaban J connectivity index is 1.97. The van der Waals surface area contributed by atoms with Crippen LogP contribution in [0, 0.1) is 0 Å². The van der Waals surface area contributed by atoms with Gasteiger partial charge in [-0.25, -0.2) is 0 Å². The molecule has 0 spiro atoms. The van der Waals surface area contributed by atoms with Gasteiger partial charge in [0.05, 0.1) is 6.61 Å². The van der Waals surface area contributed by atoms with Crippen molar-refractivity contribution in [2.75, 3.05) is 13.1 Å². The van der Waals surface area contributed by atoms with Gasteiger partial charge in [0, 0.05) is 19.1 Å². The quantitative estimate of drug-likeness (QED) is 0.799. The highest BCUT2D eigenvalue weighted by atomic mass is 16.3. The highest BCUT2D eigenvalue weighted by Crippen LogP contribution is 2.19. The highest BCUT2D eigenvalue weighted by molar-refractivity contribution is 5.22. The fourth-order valence-electron chi connectivity index (χ4n) is 2.35. The van der Waals surface area contributed by atoms with Gasteiger partial charge in [-0.05, 0) is 30.5 Å². The Morgan fingerprint density at radius 1 is 1.25 bits per heavy atom. The van der Waals surface area contributed by atoms with Crippen molar-refractivity contribution in [3.8, 4) is 0 Å². The van der Waals surface area contributed by atoms with Gasteiger partial charge in [0.15, 0.2) is 0 Å². The average molecular weight is 220 g/mol. The first-order valence-electron chi connectivity index (χ1n) is 5.96. The van der Waals surface area contributed by atoms with E-state index in [0.29, 0.717) is 6.04 Å². The lowest BCUT2D eigenvalue weighted by atomic mass is 10.1. The van der Waals surface area contributed by atoms with Crippen LogP contribution in [0.5, 0.6) is 0 Å². The van der Waals surface area contributed by atoms with E-state index in [1.165, 1.54) is 18.4 Å². The van der Waals surface area contributed by atoms with Gasteiger partial charge in [0.25, 0.3) is 0 Å². The van der Waals surface area contributed by atoms with Crippen LogP contribution >= 0.6 is 0 Å². The fraction of sp³-hybridized carbons (Fsp3) is 0.538. The van der Waals surface area contributed by atoms with Gasteiger partial charge in [-0.15, -0.1) is 0 Å². The monoisotopic (exact) mass is 220 g/mol. The molecule has 0 amide bonds. The molecule has 1 aliphatic rings. The first kappa shape index (κ1) is 11.6. The molecule has 0 aromatic heterocycles. The van der Waals surface area contributed by atoms with Crippen LogP contribution in [0.3, 0.4) is 0 Å². The van der Waals surface area contributed by atoms with Crippen molar-refractivity contribution in [2.45, 2.75) is 32.0 Å². The number of aliphatic hydroxyl groups is 1. The van der Waals surface area contributed by atoms with Crippen molar-refractivity contribution in [2.24, 2.45) is 5.73 Å². The number of nitrogens with two attached hydrogens (primary N) is 1. The molecule has 1 heterocycles. The first-order valence-corrected chi connectivity index (χ1v) is 5.96. The van der Waals surface area contributed by atoms with Crippen molar-refractivity contribution in [1.82, 2.24) is 4.90 Å². The summed E-state index contributed by atoms with van der Waals surface area (Å²) in [5.74, 6) is 0. The van der Waals surface area contributed by atoms with E-state index < -0.39 is 0 Å². The number of hydrogen-bond donors (Lipinski definition) is 2. The van der Waals surface area contributed by atoms with E-state index in [9.17, 15) is 0 Å². The lowest BCUT2D eigenvalue weighted by Gasteiger charge is -2.23.